The Morgan fingerprint density at radius 1 is 1.20 bits per heavy atom. The van der Waals surface area contributed by atoms with Gasteiger partial charge in [0.25, 0.3) is 0 Å². The molecule has 2 bridgehead atoms. The molecule has 4 rings (SSSR count). The first kappa shape index (κ1) is 12.0. The first-order valence-electron chi connectivity index (χ1n) is 7.38. The van der Waals surface area contributed by atoms with Crippen LogP contribution in [-0.2, 0) is 0 Å². The zero-order chi connectivity index (χ0) is 13.7. The van der Waals surface area contributed by atoms with Gasteiger partial charge in [0.2, 0.25) is 0 Å². The van der Waals surface area contributed by atoms with Crippen molar-refractivity contribution in [2.24, 2.45) is 23.5 Å². The van der Waals surface area contributed by atoms with Gasteiger partial charge in [0.05, 0.1) is 5.52 Å². The summed E-state index contributed by atoms with van der Waals surface area (Å²) in [6.45, 7) is 0. The van der Waals surface area contributed by atoms with Crippen LogP contribution in [0.5, 0.6) is 0 Å². The zero-order valence-corrected chi connectivity index (χ0v) is 11.3. The number of rotatable bonds is 2. The minimum absolute atomic E-state index is 0.0231. The highest BCUT2D eigenvalue weighted by Crippen LogP contribution is 2.48. The molecule has 0 aliphatic heterocycles. The summed E-state index contributed by atoms with van der Waals surface area (Å²) in [7, 11) is 0. The van der Waals surface area contributed by atoms with E-state index in [0.717, 1.165) is 22.9 Å². The number of hydrogen-bond donors (Lipinski definition) is 1. The largest absolute Gasteiger partial charge is 0.327 e. The highest BCUT2D eigenvalue weighted by atomic mass is 16.1. The van der Waals surface area contributed by atoms with Crippen molar-refractivity contribution in [2.75, 3.05) is 0 Å². The van der Waals surface area contributed by atoms with Gasteiger partial charge in [0.1, 0.15) is 0 Å². The number of hydrogen-bond acceptors (Lipinski definition) is 3. The normalized spacial score (nSPS) is 31.9. The highest BCUT2D eigenvalue weighted by Gasteiger charge is 2.49. The van der Waals surface area contributed by atoms with E-state index in [1.807, 2.05) is 30.3 Å². The number of pyridine rings is 1. The van der Waals surface area contributed by atoms with Gasteiger partial charge >= 0.3 is 0 Å². The summed E-state index contributed by atoms with van der Waals surface area (Å²) >= 11 is 0. The Bertz CT molecular complexity index is 679. The van der Waals surface area contributed by atoms with Crippen LogP contribution in [0.1, 0.15) is 29.6 Å². The van der Waals surface area contributed by atoms with Crippen LogP contribution in [0, 0.1) is 17.8 Å². The molecule has 4 atom stereocenters. The van der Waals surface area contributed by atoms with E-state index in [9.17, 15) is 4.79 Å². The molecule has 0 radical (unpaired) electrons. The van der Waals surface area contributed by atoms with Crippen LogP contribution in [0.3, 0.4) is 0 Å². The van der Waals surface area contributed by atoms with Crippen molar-refractivity contribution in [3.8, 4) is 0 Å². The number of carbonyl (C=O) groups is 1. The van der Waals surface area contributed by atoms with Crippen LogP contribution in [0.15, 0.2) is 36.5 Å². The maximum Gasteiger partial charge on any atom is 0.167 e. The molecule has 0 saturated heterocycles. The lowest BCUT2D eigenvalue weighted by molar-refractivity contribution is 0.0856. The minimum atomic E-state index is 0.0231. The molecular formula is C17H18N2O. The third kappa shape index (κ3) is 1.70. The first-order chi connectivity index (χ1) is 9.74. The summed E-state index contributed by atoms with van der Waals surface area (Å²) in [6, 6.07) is 9.80. The van der Waals surface area contributed by atoms with Crippen molar-refractivity contribution in [3.05, 3.63) is 42.1 Å². The predicted octanol–water partition coefficient (Wildman–Crippen LogP) is 2.79. The number of ketones is 1. The second kappa shape index (κ2) is 4.38. The monoisotopic (exact) mass is 266 g/mol. The van der Waals surface area contributed by atoms with E-state index in [1.54, 1.807) is 6.20 Å². The van der Waals surface area contributed by atoms with Gasteiger partial charge in [0, 0.05) is 29.1 Å². The standard InChI is InChI=1S/C17H18N2O/c18-16-12-5-4-11(8-12)15(16)17(20)13-6-3-10-2-1-7-19-14(10)9-13/h1-3,6-7,9,11-12,15-16H,4-5,8,18H2. The highest BCUT2D eigenvalue weighted by molar-refractivity contribution is 6.01. The predicted molar refractivity (Wildman–Crippen MR) is 78.4 cm³/mol. The lowest BCUT2D eigenvalue weighted by Gasteiger charge is -2.26. The Morgan fingerprint density at radius 3 is 2.85 bits per heavy atom. The molecule has 4 unspecified atom stereocenters. The molecule has 20 heavy (non-hydrogen) atoms. The van der Waals surface area contributed by atoms with E-state index < -0.39 is 0 Å². The summed E-state index contributed by atoms with van der Waals surface area (Å²) < 4.78 is 0. The van der Waals surface area contributed by atoms with E-state index in [-0.39, 0.29) is 17.7 Å². The molecule has 2 saturated carbocycles. The van der Waals surface area contributed by atoms with Gasteiger partial charge in [-0.25, -0.2) is 0 Å². The van der Waals surface area contributed by atoms with Crippen molar-refractivity contribution in [2.45, 2.75) is 25.3 Å². The topological polar surface area (TPSA) is 56.0 Å². The summed E-state index contributed by atoms with van der Waals surface area (Å²) in [5.74, 6) is 1.31. The molecular weight excluding hydrogens is 248 g/mol. The number of benzene rings is 1. The number of Topliss-reactive ketones (excluding diaryl/α,β-unsaturated/α-hetero) is 1. The smallest absolute Gasteiger partial charge is 0.167 e. The molecule has 2 fully saturated rings. The third-order valence-corrected chi connectivity index (χ3v) is 5.17. The van der Waals surface area contributed by atoms with E-state index in [4.69, 9.17) is 5.73 Å². The van der Waals surface area contributed by atoms with Crippen LogP contribution in [0.2, 0.25) is 0 Å². The van der Waals surface area contributed by atoms with E-state index >= 15 is 0 Å². The number of aromatic nitrogens is 1. The second-order valence-corrected chi connectivity index (χ2v) is 6.21. The van der Waals surface area contributed by atoms with Crippen molar-refractivity contribution in [1.82, 2.24) is 4.98 Å². The number of fused-ring (bicyclic) bond motifs is 3. The first-order valence-corrected chi connectivity index (χ1v) is 7.38. The molecule has 1 aromatic carbocycles. The van der Waals surface area contributed by atoms with Crippen LogP contribution >= 0.6 is 0 Å². The molecule has 102 valence electrons. The van der Waals surface area contributed by atoms with E-state index in [2.05, 4.69) is 4.98 Å². The lowest BCUT2D eigenvalue weighted by atomic mass is 9.80. The average Bonchev–Trinajstić information content (AvgIpc) is 3.07. The van der Waals surface area contributed by atoms with Crippen LogP contribution in [0.4, 0.5) is 0 Å². The Balaban J connectivity index is 1.70. The van der Waals surface area contributed by atoms with Gasteiger partial charge in [-0.05, 0) is 43.2 Å². The maximum absolute atomic E-state index is 12.8. The fraction of sp³-hybridized carbons (Fsp3) is 0.412. The molecule has 2 aliphatic carbocycles. The van der Waals surface area contributed by atoms with Gasteiger partial charge < -0.3 is 5.73 Å². The lowest BCUT2D eigenvalue weighted by Crippen LogP contribution is -2.40. The Morgan fingerprint density at radius 2 is 2.05 bits per heavy atom. The molecule has 3 nitrogen and oxygen atoms in total. The molecule has 1 heterocycles. The Kier molecular flexibility index (Phi) is 2.64. The van der Waals surface area contributed by atoms with Gasteiger partial charge in [-0.2, -0.15) is 0 Å². The van der Waals surface area contributed by atoms with Crippen molar-refractivity contribution in [1.29, 1.82) is 0 Å². The second-order valence-electron chi connectivity index (χ2n) is 6.21. The zero-order valence-electron chi connectivity index (χ0n) is 11.3. The minimum Gasteiger partial charge on any atom is -0.327 e. The average molecular weight is 266 g/mol. The summed E-state index contributed by atoms with van der Waals surface area (Å²) in [4.78, 5) is 17.1. The molecule has 3 heteroatoms. The number of nitrogens with two attached hydrogens (primary N) is 1. The molecule has 2 N–H and O–H groups in total. The van der Waals surface area contributed by atoms with Crippen LogP contribution < -0.4 is 5.73 Å². The van der Waals surface area contributed by atoms with Crippen LogP contribution in [0.25, 0.3) is 10.9 Å². The number of carbonyl (C=O) groups excluding carboxylic acids is 1. The van der Waals surface area contributed by atoms with Gasteiger partial charge in [-0.15, -0.1) is 0 Å². The van der Waals surface area contributed by atoms with Gasteiger partial charge in [-0.1, -0.05) is 18.2 Å². The third-order valence-electron chi connectivity index (χ3n) is 5.17. The summed E-state index contributed by atoms with van der Waals surface area (Å²) in [5.41, 5.74) is 7.93. The fourth-order valence-corrected chi connectivity index (χ4v) is 4.14. The SMILES string of the molecule is NC1C2CCC(C2)C1C(=O)c1ccc2cccnc2c1. The Hall–Kier alpha value is -1.74. The molecule has 0 amide bonds. The molecule has 2 aliphatic rings. The van der Waals surface area contributed by atoms with Gasteiger partial charge in [-0.3, -0.25) is 9.78 Å². The Labute approximate surface area is 118 Å². The quantitative estimate of drug-likeness (QED) is 0.850. The van der Waals surface area contributed by atoms with E-state index in [0.29, 0.717) is 11.8 Å². The van der Waals surface area contributed by atoms with Crippen molar-refractivity contribution >= 4 is 16.7 Å². The van der Waals surface area contributed by atoms with E-state index in [1.165, 1.54) is 12.8 Å². The molecule has 1 aromatic heterocycles. The summed E-state index contributed by atoms with van der Waals surface area (Å²) in [5, 5.41) is 1.07. The maximum atomic E-state index is 12.8. The number of nitrogens with zero attached hydrogens (tertiary/aromatic N) is 1. The van der Waals surface area contributed by atoms with Crippen LogP contribution in [-0.4, -0.2) is 16.8 Å². The van der Waals surface area contributed by atoms with Crippen molar-refractivity contribution in [3.63, 3.8) is 0 Å². The van der Waals surface area contributed by atoms with Gasteiger partial charge in [0.15, 0.2) is 5.78 Å². The fourth-order valence-electron chi connectivity index (χ4n) is 4.14. The molecule has 2 aromatic rings. The van der Waals surface area contributed by atoms with Crippen molar-refractivity contribution < 1.29 is 4.79 Å². The summed E-state index contributed by atoms with van der Waals surface area (Å²) in [6.07, 6.45) is 5.28. The molecule has 0 spiro atoms.